The van der Waals surface area contributed by atoms with Gasteiger partial charge < -0.3 is 10.5 Å². The third-order valence-electron chi connectivity index (χ3n) is 2.78. The van der Waals surface area contributed by atoms with Crippen molar-refractivity contribution in [3.05, 3.63) is 53.6 Å². The first-order valence-corrected chi connectivity index (χ1v) is 6.80. The molecule has 0 unspecified atom stereocenters. The minimum absolute atomic E-state index is 0.774. The number of nitrogens with two attached hydrogens (primary N) is 1. The first-order chi connectivity index (χ1) is 8.70. The lowest BCUT2D eigenvalue weighted by Gasteiger charge is -2.10. The predicted octanol–water partition coefficient (Wildman–Crippen LogP) is 3.88. The number of nitrogen functional groups attached to an aromatic ring is 1. The molecule has 0 bridgehead atoms. The Morgan fingerprint density at radius 2 is 1.94 bits per heavy atom. The van der Waals surface area contributed by atoms with Crippen LogP contribution in [0.25, 0.3) is 0 Å². The van der Waals surface area contributed by atoms with Gasteiger partial charge in [0.15, 0.2) is 0 Å². The highest BCUT2D eigenvalue weighted by Gasteiger charge is 2.05. The summed E-state index contributed by atoms with van der Waals surface area (Å²) in [6, 6.07) is 14.1. The molecular formula is C15H17NOS. The minimum atomic E-state index is 0.774. The van der Waals surface area contributed by atoms with Crippen LogP contribution in [-0.2, 0) is 5.75 Å². The number of anilines is 1. The van der Waals surface area contributed by atoms with Gasteiger partial charge in [0.1, 0.15) is 5.75 Å². The van der Waals surface area contributed by atoms with Crippen LogP contribution in [0, 0.1) is 6.92 Å². The van der Waals surface area contributed by atoms with Crippen LogP contribution in [-0.4, -0.2) is 7.11 Å². The molecule has 0 atom stereocenters. The van der Waals surface area contributed by atoms with Crippen molar-refractivity contribution in [1.82, 2.24) is 0 Å². The van der Waals surface area contributed by atoms with E-state index < -0.39 is 0 Å². The SMILES string of the molecule is COc1ccc(N)cc1CSc1ccccc1C. The minimum Gasteiger partial charge on any atom is -0.496 e. The second kappa shape index (κ2) is 5.83. The molecule has 0 amide bonds. The lowest BCUT2D eigenvalue weighted by molar-refractivity contribution is 0.411. The van der Waals surface area contributed by atoms with E-state index in [-0.39, 0.29) is 0 Å². The molecule has 0 fully saturated rings. The molecule has 94 valence electrons. The van der Waals surface area contributed by atoms with Crippen LogP contribution in [0.4, 0.5) is 5.69 Å². The molecule has 0 aliphatic heterocycles. The van der Waals surface area contributed by atoms with Crippen molar-refractivity contribution in [2.24, 2.45) is 0 Å². The molecule has 2 aromatic rings. The number of aryl methyl sites for hydroxylation is 1. The lowest BCUT2D eigenvalue weighted by Crippen LogP contribution is -1.93. The van der Waals surface area contributed by atoms with Crippen molar-refractivity contribution in [3.8, 4) is 5.75 Å². The van der Waals surface area contributed by atoms with Gasteiger partial charge in [0.05, 0.1) is 7.11 Å². The lowest BCUT2D eigenvalue weighted by atomic mass is 10.2. The van der Waals surface area contributed by atoms with E-state index in [0.717, 1.165) is 22.8 Å². The predicted molar refractivity (Wildman–Crippen MR) is 78.1 cm³/mol. The van der Waals surface area contributed by atoms with Crippen LogP contribution >= 0.6 is 11.8 Å². The van der Waals surface area contributed by atoms with Gasteiger partial charge in [-0.1, -0.05) is 18.2 Å². The summed E-state index contributed by atoms with van der Waals surface area (Å²) in [5, 5.41) is 0. The van der Waals surface area contributed by atoms with E-state index in [1.165, 1.54) is 10.5 Å². The van der Waals surface area contributed by atoms with Crippen molar-refractivity contribution in [2.45, 2.75) is 17.6 Å². The summed E-state index contributed by atoms with van der Waals surface area (Å²) in [7, 11) is 1.69. The Kier molecular flexibility index (Phi) is 4.15. The highest BCUT2D eigenvalue weighted by molar-refractivity contribution is 7.98. The summed E-state index contributed by atoms with van der Waals surface area (Å²) in [5.74, 6) is 1.75. The monoisotopic (exact) mass is 259 g/mol. The third kappa shape index (κ3) is 2.99. The van der Waals surface area contributed by atoms with E-state index in [4.69, 9.17) is 10.5 Å². The maximum absolute atomic E-state index is 5.82. The topological polar surface area (TPSA) is 35.2 Å². The third-order valence-corrected chi connectivity index (χ3v) is 4.01. The summed E-state index contributed by atoms with van der Waals surface area (Å²) in [4.78, 5) is 1.29. The number of hydrogen-bond donors (Lipinski definition) is 1. The zero-order chi connectivity index (χ0) is 13.0. The summed E-state index contributed by atoms with van der Waals surface area (Å²) >= 11 is 1.80. The van der Waals surface area contributed by atoms with Crippen LogP contribution < -0.4 is 10.5 Å². The summed E-state index contributed by atoms with van der Waals surface area (Å²) in [5.41, 5.74) is 9.02. The Hall–Kier alpha value is -1.61. The average molecular weight is 259 g/mol. The van der Waals surface area contributed by atoms with Gasteiger partial charge in [-0.25, -0.2) is 0 Å². The van der Waals surface area contributed by atoms with Gasteiger partial charge in [-0.05, 0) is 36.8 Å². The molecule has 0 radical (unpaired) electrons. The van der Waals surface area contributed by atoms with Gasteiger partial charge in [0.2, 0.25) is 0 Å². The van der Waals surface area contributed by atoms with Gasteiger partial charge in [-0.3, -0.25) is 0 Å². The Bertz CT molecular complexity index is 540. The van der Waals surface area contributed by atoms with Gasteiger partial charge in [-0.15, -0.1) is 11.8 Å². The fourth-order valence-corrected chi connectivity index (χ4v) is 2.79. The van der Waals surface area contributed by atoms with Crippen molar-refractivity contribution < 1.29 is 4.74 Å². The first kappa shape index (κ1) is 12.8. The number of thioether (sulfide) groups is 1. The molecule has 18 heavy (non-hydrogen) atoms. The van der Waals surface area contributed by atoms with Crippen molar-refractivity contribution in [2.75, 3.05) is 12.8 Å². The Labute approximate surface area is 112 Å². The molecule has 2 rings (SSSR count). The largest absolute Gasteiger partial charge is 0.496 e. The number of methoxy groups -OCH3 is 1. The van der Waals surface area contributed by atoms with Crippen LogP contribution in [0.3, 0.4) is 0 Å². The second-order valence-corrected chi connectivity index (χ2v) is 5.14. The standard InChI is InChI=1S/C15H17NOS/c1-11-5-3-4-6-15(11)18-10-12-9-13(16)7-8-14(12)17-2/h3-9H,10,16H2,1-2H3. The molecule has 0 aliphatic rings. The van der Waals surface area contributed by atoms with E-state index in [1.807, 2.05) is 18.2 Å². The van der Waals surface area contributed by atoms with Gasteiger partial charge in [0.25, 0.3) is 0 Å². The summed E-state index contributed by atoms with van der Waals surface area (Å²) < 4.78 is 5.35. The molecule has 0 spiro atoms. The Morgan fingerprint density at radius 1 is 1.17 bits per heavy atom. The molecule has 0 aromatic heterocycles. The van der Waals surface area contributed by atoms with Crippen molar-refractivity contribution in [3.63, 3.8) is 0 Å². The van der Waals surface area contributed by atoms with E-state index in [1.54, 1.807) is 18.9 Å². The smallest absolute Gasteiger partial charge is 0.123 e. The number of ether oxygens (including phenoxy) is 1. The maximum atomic E-state index is 5.82. The van der Waals surface area contributed by atoms with E-state index in [0.29, 0.717) is 0 Å². The molecule has 0 heterocycles. The number of rotatable bonds is 4. The second-order valence-electron chi connectivity index (χ2n) is 4.13. The maximum Gasteiger partial charge on any atom is 0.123 e. The molecule has 0 saturated heterocycles. The van der Waals surface area contributed by atoms with Crippen LogP contribution in [0.15, 0.2) is 47.4 Å². The van der Waals surface area contributed by atoms with Gasteiger partial charge >= 0.3 is 0 Å². The molecule has 2 aromatic carbocycles. The van der Waals surface area contributed by atoms with Crippen LogP contribution in [0.1, 0.15) is 11.1 Å². The molecule has 0 aliphatic carbocycles. The average Bonchev–Trinajstić information content (AvgIpc) is 2.38. The quantitative estimate of drug-likeness (QED) is 0.668. The van der Waals surface area contributed by atoms with E-state index >= 15 is 0 Å². The molecule has 3 heteroatoms. The fourth-order valence-electron chi connectivity index (χ4n) is 1.79. The van der Waals surface area contributed by atoms with E-state index in [9.17, 15) is 0 Å². The summed E-state index contributed by atoms with van der Waals surface area (Å²) in [6.45, 7) is 2.12. The highest BCUT2D eigenvalue weighted by Crippen LogP contribution is 2.30. The Morgan fingerprint density at radius 3 is 2.67 bits per heavy atom. The van der Waals surface area contributed by atoms with Gasteiger partial charge in [0, 0.05) is 21.9 Å². The Balaban J connectivity index is 2.15. The zero-order valence-electron chi connectivity index (χ0n) is 10.6. The first-order valence-electron chi connectivity index (χ1n) is 5.81. The normalized spacial score (nSPS) is 10.3. The molecule has 2 N–H and O–H groups in total. The van der Waals surface area contributed by atoms with Crippen molar-refractivity contribution >= 4 is 17.4 Å². The van der Waals surface area contributed by atoms with E-state index in [2.05, 4.69) is 31.2 Å². The molecule has 2 nitrogen and oxygen atoms in total. The van der Waals surface area contributed by atoms with Crippen LogP contribution in [0.5, 0.6) is 5.75 Å². The molecule has 0 saturated carbocycles. The number of hydrogen-bond acceptors (Lipinski definition) is 3. The molecular weight excluding hydrogens is 242 g/mol. The van der Waals surface area contributed by atoms with Gasteiger partial charge in [-0.2, -0.15) is 0 Å². The fraction of sp³-hybridized carbons (Fsp3) is 0.200. The van der Waals surface area contributed by atoms with Crippen LogP contribution in [0.2, 0.25) is 0 Å². The number of benzene rings is 2. The zero-order valence-corrected chi connectivity index (χ0v) is 11.5. The van der Waals surface area contributed by atoms with Crippen molar-refractivity contribution in [1.29, 1.82) is 0 Å². The highest BCUT2D eigenvalue weighted by atomic mass is 32.2. The summed E-state index contributed by atoms with van der Waals surface area (Å²) in [6.07, 6.45) is 0.